The molecule has 28 heavy (non-hydrogen) atoms. The highest BCUT2D eigenvalue weighted by Crippen LogP contribution is 2.31. The quantitative estimate of drug-likeness (QED) is 0.579. The number of methoxy groups -OCH3 is 1. The third-order valence-electron chi connectivity index (χ3n) is 4.02. The number of carbonyl (C=O) groups is 1. The lowest BCUT2D eigenvalue weighted by Crippen LogP contribution is -2.33. The molecule has 0 radical (unpaired) electrons. The lowest BCUT2D eigenvalue weighted by atomic mass is 10.2. The Labute approximate surface area is 173 Å². The molecule has 2 aromatic heterocycles. The van der Waals surface area contributed by atoms with Crippen LogP contribution in [-0.4, -0.2) is 59.9 Å². The maximum atomic E-state index is 13.5. The Hall–Kier alpha value is -2.23. The highest BCUT2D eigenvalue weighted by molar-refractivity contribution is 7.22. The van der Waals surface area contributed by atoms with E-state index in [1.54, 1.807) is 24.2 Å². The summed E-state index contributed by atoms with van der Waals surface area (Å²) in [6.45, 7) is 1.31. The number of fused-ring (bicyclic) bond motifs is 1. The van der Waals surface area contributed by atoms with Gasteiger partial charge in [-0.2, -0.15) is 0 Å². The Morgan fingerprint density at radius 1 is 1.32 bits per heavy atom. The average Bonchev–Trinajstić information content (AvgIpc) is 3.20. The van der Waals surface area contributed by atoms with Crippen molar-refractivity contribution in [2.75, 3.05) is 39.2 Å². The zero-order chi connectivity index (χ0) is 19.6. The monoisotopic (exact) mass is 427 g/mol. The zero-order valence-corrected chi connectivity index (χ0v) is 17.8. The molecule has 2 heterocycles. The van der Waals surface area contributed by atoms with E-state index < -0.39 is 0 Å². The molecule has 0 saturated carbocycles. The first-order valence-electron chi connectivity index (χ1n) is 8.49. The molecular formula is C18H23ClFN5O2S. The number of aryl methyl sites for hydroxylation is 1. The number of rotatable bonds is 7. The number of hydrogen-bond donors (Lipinski definition) is 0. The first kappa shape index (κ1) is 22.1. The normalized spacial score (nSPS) is 10.9. The number of ether oxygens (including phenoxy) is 1. The summed E-state index contributed by atoms with van der Waals surface area (Å²) in [6, 6.07) is 4.43. The van der Waals surface area contributed by atoms with Crippen LogP contribution in [0.25, 0.3) is 10.2 Å². The summed E-state index contributed by atoms with van der Waals surface area (Å²) in [4.78, 5) is 21.4. The molecule has 3 rings (SSSR count). The molecule has 0 spiro atoms. The van der Waals surface area contributed by atoms with Crippen LogP contribution in [0.2, 0.25) is 0 Å². The van der Waals surface area contributed by atoms with E-state index in [-0.39, 0.29) is 30.0 Å². The van der Waals surface area contributed by atoms with Crippen LogP contribution in [0.5, 0.6) is 5.88 Å². The Morgan fingerprint density at radius 2 is 2.07 bits per heavy atom. The van der Waals surface area contributed by atoms with Crippen molar-refractivity contribution in [3.05, 3.63) is 35.8 Å². The van der Waals surface area contributed by atoms with Gasteiger partial charge in [0, 0.05) is 19.8 Å². The Balaban J connectivity index is 0.00000280. The van der Waals surface area contributed by atoms with Gasteiger partial charge in [-0.3, -0.25) is 14.4 Å². The molecular weight excluding hydrogens is 405 g/mol. The number of halogens is 2. The van der Waals surface area contributed by atoms with Gasteiger partial charge >= 0.3 is 0 Å². The first-order chi connectivity index (χ1) is 12.9. The van der Waals surface area contributed by atoms with E-state index >= 15 is 0 Å². The number of carbonyl (C=O) groups excluding carboxylic acids is 1. The molecule has 0 bridgehead atoms. The van der Waals surface area contributed by atoms with Gasteiger partial charge in [0.25, 0.3) is 5.91 Å². The molecule has 0 aliphatic rings. The maximum absolute atomic E-state index is 13.5. The molecule has 0 N–H and O–H groups in total. The number of aromatic nitrogens is 3. The Morgan fingerprint density at radius 3 is 2.75 bits per heavy atom. The molecule has 152 valence electrons. The maximum Gasteiger partial charge on any atom is 0.267 e. The van der Waals surface area contributed by atoms with Gasteiger partial charge < -0.3 is 9.64 Å². The topological polar surface area (TPSA) is 63.5 Å². The Kier molecular flexibility index (Phi) is 7.34. The van der Waals surface area contributed by atoms with E-state index in [0.29, 0.717) is 27.5 Å². The zero-order valence-electron chi connectivity index (χ0n) is 16.2. The summed E-state index contributed by atoms with van der Waals surface area (Å²) in [5, 5.41) is 4.69. The van der Waals surface area contributed by atoms with Crippen LogP contribution in [0.1, 0.15) is 16.8 Å². The van der Waals surface area contributed by atoms with Crippen LogP contribution >= 0.6 is 23.7 Å². The molecule has 0 aliphatic heterocycles. The minimum atomic E-state index is -0.322. The lowest BCUT2D eigenvalue weighted by Gasteiger charge is -2.20. The largest absolute Gasteiger partial charge is 0.479 e. The van der Waals surface area contributed by atoms with Crippen molar-refractivity contribution in [2.24, 2.45) is 7.05 Å². The molecule has 0 aliphatic carbocycles. The minimum absolute atomic E-state index is 0. The second-order valence-corrected chi connectivity index (χ2v) is 7.46. The molecule has 1 aromatic carbocycles. The number of amides is 1. The summed E-state index contributed by atoms with van der Waals surface area (Å²) < 4.78 is 21.0. The van der Waals surface area contributed by atoms with Crippen molar-refractivity contribution in [1.29, 1.82) is 0 Å². The van der Waals surface area contributed by atoms with Crippen LogP contribution in [0.15, 0.2) is 24.4 Å². The van der Waals surface area contributed by atoms with Gasteiger partial charge in [0.05, 0.1) is 17.3 Å². The molecule has 0 unspecified atom stereocenters. The smallest absolute Gasteiger partial charge is 0.267 e. The Bertz CT molecular complexity index is 959. The summed E-state index contributed by atoms with van der Waals surface area (Å²) in [6.07, 6.45) is 2.40. The molecule has 1 amide bonds. The van der Waals surface area contributed by atoms with Gasteiger partial charge in [0.15, 0.2) is 5.13 Å². The minimum Gasteiger partial charge on any atom is -0.479 e. The molecule has 0 fully saturated rings. The van der Waals surface area contributed by atoms with E-state index in [9.17, 15) is 9.18 Å². The first-order valence-corrected chi connectivity index (χ1v) is 9.31. The third-order valence-corrected chi connectivity index (χ3v) is 5.06. The van der Waals surface area contributed by atoms with Crippen molar-refractivity contribution in [3.63, 3.8) is 0 Å². The standard InChI is InChI=1S/C18H22FN5O2S.ClH/c1-22(2)8-5-9-24(17(25)13-11-23(3)21-16(13)26-4)18-20-14-7-6-12(19)10-15(14)27-18;/h6-7,10-11H,5,8-9H2,1-4H3;1H. The predicted molar refractivity (Wildman–Crippen MR) is 111 cm³/mol. The van der Waals surface area contributed by atoms with E-state index in [0.717, 1.165) is 13.0 Å². The second-order valence-electron chi connectivity index (χ2n) is 6.45. The van der Waals surface area contributed by atoms with E-state index in [2.05, 4.69) is 15.0 Å². The molecule has 0 saturated heterocycles. The predicted octanol–water partition coefficient (Wildman–Crippen LogP) is 3.20. The third kappa shape index (κ3) is 4.78. The van der Waals surface area contributed by atoms with E-state index in [1.807, 2.05) is 14.1 Å². The van der Waals surface area contributed by atoms with E-state index in [4.69, 9.17) is 4.74 Å². The summed E-state index contributed by atoms with van der Waals surface area (Å²) in [7, 11) is 7.18. The van der Waals surface area contributed by atoms with Crippen LogP contribution in [0.3, 0.4) is 0 Å². The van der Waals surface area contributed by atoms with Gasteiger partial charge in [-0.15, -0.1) is 17.5 Å². The van der Waals surface area contributed by atoms with Crippen LogP contribution in [0, 0.1) is 5.82 Å². The SMILES string of the molecule is COc1nn(C)cc1C(=O)N(CCCN(C)C)c1nc2ccc(F)cc2s1.Cl. The second kappa shape index (κ2) is 9.31. The molecule has 3 aromatic rings. The fourth-order valence-corrected chi connectivity index (χ4v) is 3.76. The number of nitrogens with zero attached hydrogens (tertiary/aromatic N) is 5. The summed E-state index contributed by atoms with van der Waals surface area (Å²) in [5.41, 5.74) is 1.04. The van der Waals surface area contributed by atoms with Gasteiger partial charge in [0.1, 0.15) is 11.4 Å². The van der Waals surface area contributed by atoms with Crippen LogP contribution in [0.4, 0.5) is 9.52 Å². The van der Waals surface area contributed by atoms with E-state index in [1.165, 1.54) is 35.3 Å². The summed E-state index contributed by atoms with van der Waals surface area (Å²) >= 11 is 1.29. The van der Waals surface area contributed by atoms with Crippen LogP contribution in [-0.2, 0) is 7.05 Å². The van der Waals surface area contributed by atoms with Crippen molar-refractivity contribution >= 4 is 45.0 Å². The van der Waals surface area contributed by atoms with Gasteiger partial charge in [-0.05, 0) is 45.3 Å². The number of hydrogen-bond acceptors (Lipinski definition) is 6. The molecule has 7 nitrogen and oxygen atoms in total. The lowest BCUT2D eigenvalue weighted by molar-refractivity contribution is 0.0983. The van der Waals surface area contributed by atoms with Crippen molar-refractivity contribution in [3.8, 4) is 5.88 Å². The van der Waals surface area contributed by atoms with Crippen molar-refractivity contribution in [2.45, 2.75) is 6.42 Å². The van der Waals surface area contributed by atoms with Crippen molar-refractivity contribution < 1.29 is 13.9 Å². The fraction of sp³-hybridized carbons (Fsp3) is 0.389. The molecule has 0 atom stereocenters. The number of anilines is 1. The number of benzene rings is 1. The van der Waals surface area contributed by atoms with Crippen LogP contribution < -0.4 is 9.64 Å². The van der Waals surface area contributed by atoms with Gasteiger partial charge in [0.2, 0.25) is 5.88 Å². The van der Waals surface area contributed by atoms with Gasteiger partial charge in [-0.25, -0.2) is 9.37 Å². The highest BCUT2D eigenvalue weighted by Gasteiger charge is 2.26. The average molecular weight is 428 g/mol. The van der Waals surface area contributed by atoms with Gasteiger partial charge in [-0.1, -0.05) is 11.3 Å². The highest BCUT2D eigenvalue weighted by atomic mass is 35.5. The fourth-order valence-electron chi connectivity index (χ4n) is 2.74. The van der Waals surface area contributed by atoms with Crippen molar-refractivity contribution in [1.82, 2.24) is 19.7 Å². The summed E-state index contributed by atoms with van der Waals surface area (Å²) in [5.74, 6) is -0.289. The molecule has 10 heteroatoms. The number of thiazole rings is 1.